The molecule has 0 saturated carbocycles. The third-order valence-electron chi connectivity index (χ3n) is 2.50. The number of aryl methyl sites for hydroxylation is 1. The summed E-state index contributed by atoms with van der Waals surface area (Å²) in [7, 11) is 0. The second kappa shape index (κ2) is 6.29. The van der Waals surface area contributed by atoms with Gasteiger partial charge in [-0.2, -0.15) is 0 Å². The number of hydrogen-bond donors (Lipinski definition) is 1. The molecule has 2 rings (SSSR count). The smallest absolute Gasteiger partial charge is 0.264 e. The summed E-state index contributed by atoms with van der Waals surface area (Å²) in [5.74, 6) is 0.267. The first-order valence-electron chi connectivity index (χ1n) is 6.00. The molecule has 6 heteroatoms. The predicted molar refractivity (Wildman–Crippen MR) is 77.4 cm³/mol. The highest BCUT2D eigenvalue weighted by molar-refractivity contribution is 7.13. The number of aromatic nitrogens is 1. The van der Waals surface area contributed by atoms with Crippen LogP contribution in [0, 0.1) is 6.92 Å². The molecule has 0 aliphatic heterocycles. The minimum absolute atomic E-state index is 0.00608. The van der Waals surface area contributed by atoms with Gasteiger partial charge < -0.3 is 4.74 Å². The Labute approximate surface area is 120 Å². The van der Waals surface area contributed by atoms with Gasteiger partial charge in [0.15, 0.2) is 17.5 Å². The molecule has 0 atom stereocenters. The lowest BCUT2D eigenvalue weighted by atomic mass is 10.1. The Morgan fingerprint density at radius 2 is 2.00 bits per heavy atom. The molecule has 0 unspecified atom stereocenters. The van der Waals surface area contributed by atoms with Gasteiger partial charge in [0, 0.05) is 10.9 Å². The lowest BCUT2D eigenvalue weighted by molar-refractivity contribution is -0.118. The lowest BCUT2D eigenvalue weighted by Crippen LogP contribution is -2.20. The first-order valence-corrected chi connectivity index (χ1v) is 6.88. The number of ether oxygens (including phenoxy) is 1. The largest absolute Gasteiger partial charge is 0.484 e. The number of amides is 1. The van der Waals surface area contributed by atoms with Crippen molar-refractivity contribution >= 4 is 28.2 Å². The highest BCUT2D eigenvalue weighted by Gasteiger charge is 2.06. The molecule has 0 spiro atoms. The van der Waals surface area contributed by atoms with Gasteiger partial charge in [0.2, 0.25) is 0 Å². The standard InChI is InChI=1S/C14H14N2O3S/c1-9-8-20-14(15-9)16-13(18)7-19-12-5-3-11(4-6-12)10(2)17/h3-6,8H,7H2,1-2H3,(H,15,16,18). The van der Waals surface area contributed by atoms with E-state index in [-0.39, 0.29) is 18.3 Å². The third kappa shape index (κ3) is 3.89. The zero-order chi connectivity index (χ0) is 14.5. The highest BCUT2D eigenvalue weighted by Crippen LogP contribution is 2.15. The van der Waals surface area contributed by atoms with Gasteiger partial charge in [0.05, 0.1) is 5.69 Å². The van der Waals surface area contributed by atoms with E-state index < -0.39 is 0 Å². The van der Waals surface area contributed by atoms with E-state index in [1.807, 2.05) is 12.3 Å². The molecule has 0 aliphatic rings. The summed E-state index contributed by atoms with van der Waals surface area (Å²) in [5.41, 5.74) is 1.48. The minimum atomic E-state index is -0.269. The Balaban J connectivity index is 1.85. The van der Waals surface area contributed by atoms with Crippen LogP contribution in [0.25, 0.3) is 0 Å². The highest BCUT2D eigenvalue weighted by atomic mass is 32.1. The van der Waals surface area contributed by atoms with E-state index in [9.17, 15) is 9.59 Å². The maximum absolute atomic E-state index is 11.6. The van der Waals surface area contributed by atoms with E-state index in [4.69, 9.17) is 4.74 Å². The number of anilines is 1. The number of carbonyl (C=O) groups is 2. The number of hydrogen-bond acceptors (Lipinski definition) is 5. The molecule has 1 heterocycles. The topological polar surface area (TPSA) is 68.3 Å². The van der Waals surface area contributed by atoms with Crippen LogP contribution in [0.1, 0.15) is 23.0 Å². The van der Waals surface area contributed by atoms with Gasteiger partial charge in [-0.1, -0.05) is 0 Å². The molecule has 0 aliphatic carbocycles. The summed E-state index contributed by atoms with van der Waals surface area (Å²) in [5, 5.41) is 5.07. The van der Waals surface area contributed by atoms with Crippen LogP contribution in [0.4, 0.5) is 5.13 Å². The molecular weight excluding hydrogens is 276 g/mol. The molecule has 0 radical (unpaired) electrons. The second-order valence-electron chi connectivity index (χ2n) is 4.21. The maximum Gasteiger partial charge on any atom is 0.264 e. The number of nitrogens with one attached hydrogen (secondary N) is 1. The number of Topliss-reactive ketones (excluding diaryl/α,β-unsaturated/α-hetero) is 1. The molecule has 104 valence electrons. The van der Waals surface area contributed by atoms with Gasteiger partial charge >= 0.3 is 0 Å². The Morgan fingerprint density at radius 3 is 2.55 bits per heavy atom. The van der Waals surface area contributed by atoms with E-state index in [0.717, 1.165) is 5.69 Å². The average molecular weight is 290 g/mol. The van der Waals surface area contributed by atoms with E-state index in [0.29, 0.717) is 16.4 Å². The molecule has 1 aromatic heterocycles. The first-order chi connectivity index (χ1) is 9.54. The van der Waals surface area contributed by atoms with Crippen molar-refractivity contribution in [3.8, 4) is 5.75 Å². The van der Waals surface area contributed by atoms with Gasteiger partial charge in [-0.15, -0.1) is 11.3 Å². The SMILES string of the molecule is CC(=O)c1ccc(OCC(=O)Nc2nc(C)cs2)cc1. The fraction of sp³-hybridized carbons (Fsp3) is 0.214. The fourth-order valence-corrected chi connectivity index (χ4v) is 2.21. The predicted octanol–water partition coefficient (Wildman–Crippen LogP) is 2.67. The number of nitrogens with zero attached hydrogens (tertiary/aromatic N) is 1. The van der Waals surface area contributed by atoms with Crippen LogP contribution in [-0.2, 0) is 4.79 Å². The van der Waals surface area contributed by atoms with Crippen LogP contribution in [-0.4, -0.2) is 23.3 Å². The molecule has 2 aromatic rings. The lowest BCUT2D eigenvalue weighted by Gasteiger charge is -2.06. The van der Waals surface area contributed by atoms with Gasteiger partial charge in [0.1, 0.15) is 5.75 Å². The first kappa shape index (κ1) is 14.2. The Kier molecular flexibility index (Phi) is 4.47. The van der Waals surface area contributed by atoms with Gasteiger partial charge in [0.25, 0.3) is 5.91 Å². The molecule has 20 heavy (non-hydrogen) atoms. The van der Waals surface area contributed by atoms with Crippen LogP contribution < -0.4 is 10.1 Å². The van der Waals surface area contributed by atoms with Crippen LogP contribution in [0.3, 0.4) is 0 Å². The molecule has 1 amide bonds. The summed E-state index contributed by atoms with van der Waals surface area (Å²) in [6, 6.07) is 6.66. The molecule has 5 nitrogen and oxygen atoms in total. The molecular formula is C14H14N2O3S. The Bertz CT molecular complexity index is 620. The van der Waals surface area contributed by atoms with Crippen LogP contribution in [0.2, 0.25) is 0 Å². The second-order valence-corrected chi connectivity index (χ2v) is 5.07. The summed E-state index contributed by atoms with van der Waals surface area (Å²) >= 11 is 1.37. The van der Waals surface area contributed by atoms with Crippen molar-refractivity contribution in [2.45, 2.75) is 13.8 Å². The Hall–Kier alpha value is -2.21. The molecule has 1 aromatic carbocycles. The van der Waals surface area contributed by atoms with Crippen molar-refractivity contribution in [3.05, 3.63) is 40.9 Å². The van der Waals surface area contributed by atoms with Crippen molar-refractivity contribution in [2.75, 3.05) is 11.9 Å². The van der Waals surface area contributed by atoms with E-state index >= 15 is 0 Å². The molecule has 0 fully saturated rings. The summed E-state index contributed by atoms with van der Waals surface area (Å²) in [6.45, 7) is 3.26. The third-order valence-corrected chi connectivity index (χ3v) is 3.37. The van der Waals surface area contributed by atoms with Crippen LogP contribution in [0.15, 0.2) is 29.6 Å². The number of rotatable bonds is 5. The monoisotopic (exact) mass is 290 g/mol. The molecule has 0 bridgehead atoms. The number of benzene rings is 1. The quantitative estimate of drug-likeness (QED) is 0.860. The molecule has 1 N–H and O–H groups in total. The van der Waals surface area contributed by atoms with Gasteiger partial charge in [-0.05, 0) is 38.1 Å². The number of thiazole rings is 1. The Morgan fingerprint density at radius 1 is 1.30 bits per heavy atom. The number of carbonyl (C=O) groups excluding carboxylic acids is 2. The van der Waals surface area contributed by atoms with Crippen molar-refractivity contribution in [2.24, 2.45) is 0 Å². The van der Waals surface area contributed by atoms with Crippen molar-refractivity contribution in [1.82, 2.24) is 4.98 Å². The van der Waals surface area contributed by atoms with Crippen molar-refractivity contribution < 1.29 is 14.3 Å². The number of ketones is 1. The van der Waals surface area contributed by atoms with E-state index in [2.05, 4.69) is 10.3 Å². The summed E-state index contributed by atoms with van der Waals surface area (Å²) < 4.78 is 5.34. The average Bonchev–Trinajstić information content (AvgIpc) is 2.82. The minimum Gasteiger partial charge on any atom is -0.484 e. The normalized spacial score (nSPS) is 10.1. The van der Waals surface area contributed by atoms with Gasteiger partial charge in [-0.3, -0.25) is 14.9 Å². The maximum atomic E-state index is 11.6. The summed E-state index contributed by atoms with van der Waals surface area (Å²) in [6.07, 6.45) is 0. The van der Waals surface area contributed by atoms with E-state index in [1.54, 1.807) is 24.3 Å². The fourth-order valence-electron chi connectivity index (χ4n) is 1.50. The summed E-state index contributed by atoms with van der Waals surface area (Å²) in [4.78, 5) is 26.9. The van der Waals surface area contributed by atoms with Crippen LogP contribution in [0.5, 0.6) is 5.75 Å². The van der Waals surface area contributed by atoms with Crippen LogP contribution >= 0.6 is 11.3 Å². The zero-order valence-electron chi connectivity index (χ0n) is 11.2. The van der Waals surface area contributed by atoms with E-state index in [1.165, 1.54) is 18.3 Å². The van der Waals surface area contributed by atoms with Crippen molar-refractivity contribution in [1.29, 1.82) is 0 Å². The van der Waals surface area contributed by atoms with Crippen molar-refractivity contribution in [3.63, 3.8) is 0 Å². The van der Waals surface area contributed by atoms with Gasteiger partial charge in [-0.25, -0.2) is 4.98 Å². The molecule has 0 saturated heterocycles. The zero-order valence-corrected chi connectivity index (χ0v) is 12.0.